The predicted molar refractivity (Wildman–Crippen MR) is 113 cm³/mol. The minimum Gasteiger partial charge on any atom is -0.465 e. The molecule has 1 atom stereocenters. The van der Waals surface area contributed by atoms with E-state index in [0.717, 1.165) is 0 Å². The van der Waals surface area contributed by atoms with E-state index in [0.29, 0.717) is 4.31 Å². The second-order valence-electron chi connectivity index (χ2n) is 6.59. The van der Waals surface area contributed by atoms with Gasteiger partial charge in [0, 0.05) is 5.56 Å². The molecule has 0 radical (unpaired) electrons. The number of carbonyl (C=O) groups is 3. The number of benzene rings is 2. The Hall–Kier alpha value is -2.62. The molecule has 1 aliphatic rings. The molecule has 0 aromatic heterocycles. The van der Waals surface area contributed by atoms with Gasteiger partial charge in [-0.05, 0) is 36.4 Å². The number of anilines is 2. The molecule has 1 fully saturated rings. The minimum absolute atomic E-state index is 0.00305. The Bertz CT molecular complexity index is 1170. The van der Waals surface area contributed by atoms with Crippen LogP contribution in [-0.2, 0) is 19.6 Å². The minimum atomic E-state index is -3.89. The number of ether oxygens (including phenoxy) is 1. The number of rotatable bonds is 4. The van der Waals surface area contributed by atoms with E-state index in [1.807, 2.05) is 0 Å². The number of esters is 1. The van der Waals surface area contributed by atoms with Crippen molar-refractivity contribution in [2.75, 3.05) is 22.5 Å². The van der Waals surface area contributed by atoms with Gasteiger partial charge < -0.3 is 10.1 Å². The molecule has 158 valence electrons. The molecule has 0 saturated carbocycles. The average Bonchev–Trinajstić information content (AvgIpc) is 2.90. The highest BCUT2D eigenvalue weighted by Gasteiger charge is 2.43. The molecule has 2 aromatic rings. The van der Waals surface area contributed by atoms with Crippen molar-refractivity contribution in [3.63, 3.8) is 0 Å². The molecule has 0 bridgehead atoms. The summed E-state index contributed by atoms with van der Waals surface area (Å²) in [6.45, 7) is 1.50. The zero-order valence-corrected chi connectivity index (χ0v) is 18.1. The molecular formula is C19H16Cl2N2O6S. The fourth-order valence-electron chi connectivity index (χ4n) is 2.94. The van der Waals surface area contributed by atoms with Gasteiger partial charge in [-0.3, -0.25) is 9.59 Å². The average molecular weight is 471 g/mol. The van der Waals surface area contributed by atoms with Gasteiger partial charge in [-0.2, -0.15) is 0 Å². The molecule has 1 saturated heterocycles. The zero-order valence-electron chi connectivity index (χ0n) is 15.8. The van der Waals surface area contributed by atoms with Crippen LogP contribution in [0.3, 0.4) is 0 Å². The van der Waals surface area contributed by atoms with Crippen LogP contribution in [0.15, 0.2) is 36.4 Å². The van der Waals surface area contributed by atoms with E-state index in [1.54, 1.807) is 0 Å². The summed E-state index contributed by atoms with van der Waals surface area (Å²) in [6, 6.07) is 8.12. The quantitative estimate of drug-likeness (QED) is 0.685. The van der Waals surface area contributed by atoms with E-state index in [1.165, 1.54) is 50.4 Å². The molecule has 0 spiro atoms. The lowest BCUT2D eigenvalue weighted by Crippen LogP contribution is -2.30. The van der Waals surface area contributed by atoms with E-state index in [-0.39, 0.29) is 38.3 Å². The number of carbonyl (C=O) groups excluding carboxylic acids is 3. The Kier molecular flexibility index (Phi) is 6.07. The SMILES string of the molecule is COC(=O)c1ccc(Cl)c(NC(=O)c2ccc(Cl)c(N3C(=O)C(C)CS3(=O)=O)c2)c1. The van der Waals surface area contributed by atoms with Crippen LogP contribution >= 0.6 is 23.2 Å². The summed E-state index contributed by atoms with van der Waals surface area (Å²) in [4.78, 5) is 36.8. The highest BCUT2D eigenvalue weighted by molar-refractivity contribution is 7.94. The first-order valence-corrected chi connectivity index (χ1v) is 11.0. The van der Waals surface area contributed by atoms with Crippen LogP contribution in [0.4, 0.5) is 11.4 Å². The summed E-state index contributed by atoms with van der Waals surface area (Å²) < 4.78 is 30.0. The lowest BCUT2D eigenvalue weighted by atomic mass is 10.1. The van der Waals surface area contributed by atoms with Gasteiger partial charge in [-0.25, -0.2) is 17.5 Å². The van der Waals surface area contributed by atoms with E-state index < -0.39 is 33.7 Å². The molecule has 30 heavy (non-hydrogen) atoms. The van der Waals surface area contributed by atoms with Crippen molar-refractivity contribution in [1.29, 1.82) is 0 Å². The van der Waals surface area contributed by atoms with Gasteiger partial charge in [0.05, 0.1) is 45.8 Å². The van der Waals surface area contributed by atoms with Crippen molar-refractivity contribution in [2.24, 2.45) is 5.92 Å². The molecule has 3 rings (SSSR count). The van der Waals surface area contributed by atoms with Crippen LogP contribution in [0.2, 0.25) is 10.0 Å². The highest BCUT2D eigenvalue weighted by atomic mass is 35.5. The molecule has 11 heteroatoms. The fourth-order valence-corrected chi connectivity index (χ4v) is 5.18. The number of hydrogen-bond donors (Lipinski definition) is 1. The van der Waals surface area contributed by atoms with Crippen molar-refractivity contribution in [1.82, 2.24) is 0 Å². The van der Waals surface area contributed by atoms with Gasteiger partial charge in [0.2, 0.25) is 15.9 Å². The van der Waals surface area contributed by atoms with Crippen LogP contribution in [0.1, 0.15) is 27.6 Å². The Balaban J connectivity index is 1.95. The molecule has 1 unspecified atom stereocenters. The number of sulfonamides is 1. The number of hydrogen-bond acceptors (Lipinski definition) is 6. The summed E-state index contributed by atoms with van der Waals surface area (Å²) in [7, 11) is -2.67. The zero-order chi connectivity index (χ0) is 22.2. The Morgan fingerprint density at radius 2 is 1.73 bits per heavy atom. The first kappa shape index (κ1) is 22.1. The second-order valence-corrected chi connectivity index (χ2v) is 9.27. The van der Waals surface area contributed by atoms with Crippen molar-refractivity contribution < 1.29 is 27.5 Å². The second kappa shape index (κ2) is 8.25. The van der Waals surface area contributed by atoms with Crippen molar-refractivity contribution in [3.8, 4) is 0 Å². The molecule has 2 aromatic carbocycles. The van der Waals surface area contributed by atoms with E-state index in [9.17, 15) is 22.8 Å². The molecule has 1 heterocycles. The Morgan fingerprint density at radius 1 is 1.10 bits per heavy atom. The fraction of sp³-hybridized carbons (Fsp3) is 0.211. The summed E-state index contributed by atoms with van der Waals surface area (Å²) >= 11 is 12.2. The van der Waals surface area contributed by atoms with Gasteiger partial charge in [0.1, 0.15) is 0 Å². The van der Waals surface area contributed by atoms with E-state index >= 15 is 0 Å². The maximum Gasteiger partial charge on any atom is 0.337 e. The van der Waals surface area contributed by atoms with Crippen molar-refractivity contribution >= 4 is 62.4 Å². The van der Waals surface area contributed by atoms with Gasteiger partial charge >= 0.3 is 5.97 Å². The van der Waals surface area contributed by atoms with Crippen molar-refractivity contribution in [2.45, 2.75) is 6.92 Å². The third kappa shape index (κ3) is 4.14. The summed E-state index contributed by atoms with van der Waals surface area (Å²) in [5.41, 5.74) is 0.265. The lowest BCUT2D eigenvalue weighted by molar-refractivity contribution is -0.119. The summed E-state index contributed by atoms with van der Waals surface area (Å²) in [5, 5.41) is 2.73. The van der Waals surface area contributed by atoms with Crippen LogP contribution in [-0.4, -0.2) is 39.1 Å². The first-order chi connectivity index (χ1) is 14.0. The van der Waals surface area contributed by atoms with Crippen LogP contribution < -0.4 is 9.62 Å². The maximum absolute atomic E-state index is 12.7. The van der Waals surface area contributed by atoms with E-state index in [4.69, 9.17) is 23.2 Å². The topological polar surface area (TPSA) is 110 Å². The molecule has 0 aliphatic carbocycles. The Labute approximate surface area is 182 Å². The molecular weight excluding hydrogens is 455 g/mol. The normalized spacial score (nSPS) is 17.7. The molecule has 2 amide bonds. The Morgan fingerprint density at radius 3 is 2.33 bits per heavy atom. The number of methoxy groups -OCH3 is 1. The van der Waals surface area contributed by atoms with Crippen LogP contribution in [0, 0.1) is 5.92 Å². The standard InChI is InChI=1S/C19H16Cl2N2O6S/c1-10-9-30(27,28)23(18(10)25)16-8-11(3-6-14(16)21)17(24)22-15-7-12(19(26)29-2)4-5-13(15)20/h3-8,10H,9H2,1-2H3,(H,22,24). The van der Waals surface area contributed by atoms with Crippen LogP contribution in [0.25, 0.3) is 0 Å². The smallest absolute Gasteiger partial charge is 0.337 e. The number of nitrogens with zero attached hydrogens (tertiary/aromatic N) is 1. The van der Waals surface area contributed by atoms with Gasteiger partial charge in [0.25, 0.3) is 5.91 Å². The van der Waals surface area contributed by atoms with Gasteiger partial charge in [-0.15, -0.1) is 0 Å². The largest absolute Gasteiger partial charge is 0.465 e. The van der Waals surface area contributed by atoms with E-state index in [2.05, 4.69) is 10.1 Å². The monoisotopic (exact) mass is 470 g/mol. The molecule has 1 N–H and O–H groups in total. The number of nitrogens with one attached hydrogen (secondary N) is 1. The predicted octanol–water partition coefficient (Wildman–Crippen LogP) is 3.34. The summed E-state index contributed by atoms with van der Waals surface area (Å²) in [6.07, 6.45) is 0. The number of amides is 2. The summed E-state index contributed by atoms with van der Waals surface area (Å²) in [5.74, 6) is -2.93. The van der Waals surface area contributed by atoms with Crippen LogP contribution in [0.5, 0.6) is 0 Å². The molecule has 1 aliphatic heterocycles. The third-order valence-electron chi connectivity index (χ3n) is 4.42. The van der Waals surface area contributed by atoms with Gasteiger partial charge in [0.15, 0.2) is 0 Å². The lowest BCUT2D eigenvalue weighted by Gasteiger charge is -2.18. The highest BCUT2D eigenvalue weighted by Crippen LogP contribution is 2.35. The van der Waals surface area contributed by atoms with Gasteiger partial charge in [-0.1, -0.05) is 30.1 Å². The maximum atomic E-state index is 12.7. The molecule has 8 nitrogen and oxygen atoms in total. The third-order valence-corrected chi connectivity index (χ3v) is 6.93. The van der Waals surface area contributed by atoms with Crippen molar-refractivity contribution in [3.05, 3.63) is 57.6 Å². The first-order valence-electron chi connectivity index (χ1n) is 8.60. The number of halogens is 2.